The SMILES string of the molecule is CC(F)(F)c1ccc(/C=C/C2=NCCNc3ccccc32)cc1F. The molecule has 2 aromatic rings. The van der Waals surface area contributed by atoms with Crippen LogP contribution in [0.5, 0.6) is 0 Å². The second-order valence-electron chi connectivity index (χ2n) is 5.70. The summed E-state index contributed by atoms with van der Waals surface area (Å²) in [5, 5.41) is 3.29. The first kappa shape index (κ1) is 16.3. The van der Waals surface area contributed by atoms with Gasteiger partial charge in [-0.3, -0.25) is 4.99 Å². The summed E-state index contributed by atoms with van der Waals surface area (Å²) in [7, 11) is 0. The lowest BCUT2D eigenvalue weighted by atomic mass is 10.0. The minimum Gasteiger partial charge on any atom is -0.383 e. The molecule has 0 fully saturated rings. The molecule has 0 saturated carbocycles. The summed E-state index contributed by atoms with van der Waals surface area (Å²) < 4.78 is 40.4. The van der Waals surface area contributed by atoms with Crippen LogP contribution in [0.4, 0.5) is 18.9 Å². The minimum atomic E-state index is -3.19. The third-order valence-corrected chi connectivity index (χ3v) is 3.81. The average Bonchev–Trinajstić information content (AvgIpc) is 2.74. The maximum atomic E-state index is 13.9. The van der Waals surface area contributed by atoms with Gasteiger partial charge in [-0.15, -0.1) is 0 Å². The number of benzodiazepines with no additional fused rings is 1. The van der Waals surface area contributed by atoms with Crippen molar-refractivity contribution < 1.29 is 13.2 Å². The van der Waals surface area contributed by atoms with E-state index in [9.17, 15) is 13.2 Å². The van der Waals surface area contributed by atoms with Gasteiger partial charge in [0.25, 0.3) is 5.92 Å². The van der Waals surface area contributed by atoms with Crippen molar-refractivity contribution >= 4 is 17.5 Å². The number of alkyl halides is 2. The van der Waals surface area contributed by atoms with Crippen molar-refractivity contribution in [2.45, 2.75) is 12.8 Å². The number of hydrogen-bond acceptors (Lipinski definition) is 2. The monoisotopic (exact) mass is 330 g/mol. The van der Waals surface area contributed by atoms with Crippen LogP contribution in [-0.4, -0.2) is 18.8 Å². The van der Waals surface area contributed by atoms with E-state index < -0.39 is 17.3 Å². The van der Waals surface area contributed by atoms with E-state index in [4.69, 9.17) is 0 Å². The normalized spacial score (nSPS) is 14.8. The van der Waals surface area contributed by atoms with Gasteiger partial charge in [-0.05, 0) is 29.8 Å². The van der Waals surface area contributed by atoms with Crippen LogP contribution in [0.3, 0.4) is 0 Å². The zero-order valence-corrected chi connectivity index (χ0v) is 13.2. The van der Waals surface area contributed by atoms with Gasteiger partial charge in [0, 0.05) is 24.7 Å². The Hall–Kier alpha value is -2.56. The quantitative estimate of drug-likeness (QED) is 0.853. The molecule has 24 heavy (non-hydrogen) atoms. The van der Waals surface area contributed by atoms with Gasteiger partial charge < -0.3 is 5.32 Å². The van der Waals surface area contributed by atoms with Crippen molar-refractivity contribution in [3.63, 3.8) is 0 Å². The highest BCUT2D eigenvalue weighted by molar-refractivity contribution is 6.14. The molecule has 1 heterocycles. The first-order chi connectivity index (χ1) is 11.4. The number of halogens is 3. The molecule has 124 valence electrons. The van der Waals surface area contributed by atoms with E-state index in [0.29, 0.717) is 19.0 Å². The number of fused-ring (bicyclic) bond motifs is 1. The number of allylic oxidation sites excluding steroid dienone is 1. The number of hydrogen-bond donors (Lipinski definition) is 1. The predicted molar refractivity (Wildman–Crippen MR) is 91.3 cm³/mol. The number of nitrogens with zero attached hydrogens (tertiary/aromatic N) is 1. The summed E-state index contributed by atoms with van der Waals surface area (Å²) in [5.74, 6) is -4.10. The van der Waals surface area contributed by atoms with Crippen LogP contribution in [-0.2, 0) is 5.92 Å². The zero-order valence-electron chi connectivity index (χ0n) is 13.2. The summed E-state index contributed by atoms with van der Waals surface area (Å²) in [6.45, 7) is 2.05. The van der Waals surface area contributed by atoms with E-state index in [1.807, 2.05) is 24.3 Å². The number of para-hydroxylation sites is 1. The molecule has 0 unspecified atom stereocenters. The molecule has 0 bridgehead atoms. The van der Waals surface area contributed by atoms with Crippen molar-refractivity contribution in [2.75, 3.05) is 18.4 Å². The Morgan fingerprint density at radius 2 is 1.92 bits per heavy atom. The Kier molecular flexibility index (Phi) is 4.42. The van der Waals surface area contributed by atoms with E-state index in [2.05, 4.69) is 10.3 Å². The molecular formula is C19H17F3N2. The number of nitrogens with one attached hydrogen (secondary N) is 1. The van der Waals surface area contributed by atoms with Crippen LogP contribution in [0.1, 0.15) is 23.6 Å². The third-order valence-electron chi connectivity index (χ3n) is 3.81. The van der Waals surface area contributed by atoms with Gasteiger partial charge in [-0.25, -0.2) is 13.2 Å². The van der Waals surface area contributed by atoms with Gasteiger partial charge in [0.15, 0.2) is 0 Å². The van der Waals surface area contributed by atoms with Crippen molar-refractivity contribution in [3.05, 3.63) is 71.0 Å². The Labute approximate surface area is 138 Å². The van der Waals surface area contributed by atoms with E-state index in [1.54, 1.807) is 12.2 Å². The van der Waals surface area contributed by atoms with Crippen molar-refractivity contribution in [1.29, 1.82) is 0 Å². The van der Waals surface area contributed by atoms with E-state index in [-0.39, 0.29) is 0 Å². The van der Waals surface area contributed by atoms with Gasteiger partial charge in [-0.1, -0.05) is 30.3 Å². The Morgan fingerprint density at radius 3 is 2.67 bits per heavy atom. The molecule has 0 aliphatic carbocycles. The smallest absolute Gasteiger partial charge is 0.273 e. The molecule has 0 radical (unpaired) electrons. The summed E-state index contributed by atoms with van der Waals surface area (Å²) in [6, 6.07) is 11.5. The fraction of sp³-hybridized carbons (Fsp3) is 0.211. The molecule has 2 nitrogen and oxygen atoms in total. The molecule has 3 rings (SSSR count). The molecule has 0 amide bonds. The van der Waals surface area contributed by atoms with E-state index >= 15 is 0 Å². The van der Waals surface area contributed by atoms with Crippen LogP contribution >= 0.6 is 0 Å². The minimum absolute atomic E-state index is 0.512. The topological polar surface area (TPSA) is 24.4 Å². The van der Waals surface area contributed by atoms with E-state index in [1.165, 1.54) is 6.07 Å². The molecular weight excluding hydrogens is 313 g/mol. The average molecular weight is 330 g/mol. The van der Waals surface area contributed by atoms with Crippen LogP contribution in [0.25, 0.3) is 6.08 Å². The number of aliphatic imine (C=N–C) groups is 1. The highest BCUT2D eigenvalue weighted by Gasteiger charge is 2.27. The van der Waals surface area contributed by atoms with Crippen LogP contribution < -0.4 is 5.32 Å². The highest BCUT2D eigenvalue weighted by Crippen LogP contribution is 2.29. The zero-order chi connectivity index (χ0) is 17.2. The van der Waals surface area contributed by atoms with Gasteiger partial charge in [0.1, 0.15) is 5.82 Å². The second-order valence-corrected chi connectivity index (χ2v) is 5.70. The van der Waals surface area contributed by atoms with Gasteiger partial charge in [-0.2, -0.15) is 0 Å². The summed E-state index contributed by atoms with van der Waals surface area (Å²) in [5.41, 5.74) is 2.65. The lowest BCUT2D eigenvalue weighted by Gasteiger charge is -2.11. The molecule has 0 saturated heterocycles. The Balaban J connectivity index is 1.89. The fourth-order valence-corrected chi connectivity index (χ4v) is 2.62. The number of rotatable bonds is 3. The first-order valence-electron chi connectivity index (χ1n) is 7.69. The molecule has 0 aromatic heterocycles. The van der Waals surface area contributed by atoms with Crippen LogP contribution in [0.2, 0.25) is 0 Å². The van der Waals surface area contributed by atoms with Crippen molar-refractivity contribution in [1.82, 2.24) is 0 Å². The van der Waals surface area contributed by atoms with Crippen LogP contribution in [0.15, 0.2) is 53.5 Å². The van der Waals surface area contributed by atoms with Gasteiger partial charge in [0.05, 0.1) is 17.8 Å². The number of benzene rings is 2. The maximum Gasteiger partial charge on any atom is 0.273 e. The van der Waals surface area contributed by atoms with Crippen molar-refractivity contribution in [2.24, 2.45) is 4.99 Å². The Bertz CT molecular complexity index is 804. The fourth-order valence-electron chi connectivity index (χ4n) is 2.62. The highest BCUT2D eigenvalue weighted by atomic mass is 19.3. The van der Waals surface area contributed by atoms with Crippen LogP contribution in [0, 0.1) is 5.82 Å². The molecule has 1 aliphatic rings. The predicted octanol–water partition coefficient (Wildman–Crippen LogP) is 4.87. The first-order valence-corrected chi connectivity index (χ1v) is 7.69. The Morgan fingerprint density at radius 1 is 1.12 bits per heavy atom. The molecule has 0 spiro atoms. The standard InChI is InChI=1S/C19H17F3N2/c1-19(21,22)15-8-6-13(12-16(15)20)7-9-18-14-4-2-3-5-17(14)23-10-11-24-18/h2-9,12,23H,10-11H2,1H3/b9-7+. The molecule has 0 atom stereocenters. The maximum absolute atomic E-state index is 13.9. The molecule has 2 aromatic carbocycles. The van der Waals surface area contributed by atoms with E-state index in [0.717, 1.165) is 35.6 Å². The molecule has 1 N–H and O–H groups in total. The summed E-state index contributed by atoms with van der Waals surface area (Å²) >= 11 is 0. The molecule has 5 heteroatoms. The third kappa shape index (κ3) is 3.50. The van der Waals surface area contributed by atoms with Gasteiger partial charge >= 0.3 is 0 Å². The number of anilines is 1. The summed E-state index contributed by atoms with van der Waals surface area (Å²) in [4.78, 5) is 4.51. The molecule has 1 aliphatic heterocycles. The lowest BCUT2D eigenvalue weighted by Crippen LogP contribution is -2.09. The summed E-state index contributed by atoms with van der Waals surface area (Å²) in [6.07, 6.45) is 3.46. The van der Waals surface area contributed by atoms with Gasteiger partial charge in [0.2, 0.25) is 0 Å². The lowest BCUT2D eigenvalue weighted by molar-refractivity contribution is 0.0138. The van der Waals surface area contributed by atoms with Crippen molar-refractivity contribution in [3.8, 4) is 0 Å². The second kappa shape index (κ2) is 6.51. The largest absolute Gasteiger partial charge is 0.383 e.